The molecule has 4 aliphatic rings. The monoisotopic (exact) mass is 476 g/mol. The minimum Gasteiger partial charge on any atom is -0.478 e. The molecule has 186 valence electrons. The highest BCUT2D eigenvalue weighted by atomic mass is 16.7. The van der Waals surface area contributed by atoms with Crippen LogP contribution in [-0.2, 0) is 14.9 Å². The number of ether oxygens (including phenoxy) is 3. The van der Waals surface area contributed by atoms with Crippen LogP contribution in [0.25, 0.3) is 11.6 Å². The Labute approximate surface area is 208 Å². The second-order valence-corrected chi connectivity index (χ2v) is 10.9. The summed E-state index contributed by atoms with van der Waals surface area (Å²) in [5.41, 5.74) is 5.14. The van der Waals surface area contributed by atoms with E-state index in [0.717, 1.165) is 34.6 Å². The number of rotatable bonds is 9. The number of carboxylic acid groups (broad SMARTS) is 1. The van der Waals surface area contributed by atoms with Crippen molar-refractivity contribution in [3.8, 4) is 5.75 Å². The van der Waals surface area contributed by atoms with Crippen LogP contribution in [0.3, 0.4) is 0 Å². The predicted octanol–water partition coefficient (Wildman–Crippen LogP) is 6.76. The predicted molar refractivity (Wildman–Crippen MR) is 136 cm³/mol. The maximum absolute atomic E-state index is 11.2. The SMILES string of the molecule is COC(C)OCOc1ccc(C(C)=Cc2ccc(C(=O)O)cc2)cc1C12CC3CC(CC(C3)C1)C2. The van der Waals surface area contributed by atoms with E-state index in [1.807, 2.05) is 19.1 Å². The molecule has 0 aromatic heterocycles. The molecule has 2 aromatic rings. The molecule has 1 atom stereocenters. The summed E-state index contributed by atoms with van der Waals surface area (Å²) in [6.45, 7) is 4.15. The van der Waals surface area contributed by atoms with Crippen LogP contribution in [0.15, 0.2) is 42.5 Å². The minimum absolute atomic E-state index is 0.165. The maximum atomic E-state index is 11.2. The number of aromatic carboxylic acids is 1. The molecule has 35 heavy (non-hydrogen) atoms. The average Bonchev–Trinajstić information content (AvgIpc) is 2.83. The molecule has 0 heterocycles. The molecule has 0 amide bonds. The molecule has 5 heteroatoms. The highest BCUT2D eigenvalue weighted by Gasteiger charge is 2.52. The van der Waals surface area contributed by atoms with Gasteiger partial charge < -0.3 is 19.3 Å². The van der Waals surface area contributed by atoms with Crippen molar-refractivity contribution in [1.29, 1.82) is 0 Å². The molecule has 4 fully saturated rings. The summed E-state index contributed by atoms with van der Waals surface area (Å²) in [6.07, 6.45) is 9.77. The fourth-order valence-corrected chi connectivity index (χ4v) is 7.07. The average molecular weight is 477 g/mol. The summed E-state index contributed by atoms with van der Waals surface area (Å²) in [7, 11) is 1.63. The van der Waals surface area contributed by atoms with Crippen LogP contribution in [0.1, 0.15) is 79.4 Å². The van der Waals surface area contributed by atoms with Crippen molar-refractivity contribution in [3.05, 3.63) is 64.7 Å². The van der Waals surface area contributed by atoms with Gasteiger partial charge in [-0.3, -0.25) is 0 Å². The van der Waals surface area contributed by atoms with Gasteiger partial charge in [0.05, 0.1) is 5.56 Å². The number of carbonyl (C=O) groups is 1. The van der Waals surface area contributed by atoms with Gasteiger partial charge in [0.25, 0.3) is 0 Å². The standard InChI is InChI=1S/C30H36O5/c1-19(10-21-4-6-25(7-5-21)29(31)32)26-8-9-28(35-18-34-20(2)33-3)27(14-26)30-15-22-11-23(16-30)13-24(12-22)17-30/h4-10,14,20,22-24H,11-13,15-18H2,1-3H3,(H,31,32). The molecule has 0 aliphatic heterocycles. The molecular formula is C30H36O5. The molecule has 4 aliphatic carbocycles. The Morgan fingerprint density at radius 3 is 2.20 bits per heavy atom. The smallest absolute Gasteiger partial charge is 0.335 e. The first-order valence-electron chi connectivity index (χ1n) is 12.8. The third-order valence-electron chi connectivity index (χ3n) is 8.43. The molecule has 1 N–H and O–H groups in total. The lowest BCUT2D eigenvalue weighted by molar-refractivity contribution is -0.150. The molecule has 0 saturated heterocycles. The summed E-state index contributed by atoms with van der Waals surface area (Å²) in [5.74, 6) is 2.54. The van der Waals surface area contributed by atoms with E-state index in [9.17, 15) is 9.90 Å². The first-order valence-corrected chi connectivity index (χ1v) is 12.8. The summed E-state index contributed by atoms with van der Waals surface area (Å²) in [4.78, 5) is 11.2. The third kappa shape index (κ3) is 5.03. The number of hydrogen-bond donors (Lipinski definition) is 1. The summed E-state index contributed by atoms with van der Waals surface area (Å²) in [6, 6.07) is 13.6. The van der Waals surface area contributed by atoms with E-state index < -0.39 is 5.97 Å². The molecule has 6 rings (SSSR count). The van der Waals surface area contributed by atoms with Gasteiger partial charge in [0, 0.05) is 12.7 Å². The topological polar surface area (TPSA) is 65.0 Å². The minimum atomic E-state index is -0.906. The number of carboxylic acids is 1. The molecule has 4 bridgehead atoms. The molecule has 0 spiro atoms. The van der Waals surface area contributed by atoms with Crippen LogP contribution >= 0.6 is 0 Å². The molecule has 4 saturated carbocycles. The summed E-state index contributed by atoms with van der Waals surface area (Å²) >= 11 is 0. The van der Waals surface area contributed by atoms with Gasteiger partial charge in [-0.15, -0.1) is 0 Å². The fraction of sp³-hybridized carbons (Fsp3) is 0.500. The van der Waals surface area contributed by atoms with Crippen LogP contribution in [0.2, 0.25) is 0 Å². The molecule has 5 nitrogen and oxygen atoms in total. The maximum Gasteiger partial charge on any atom is 0.335 e. The van der Waals surface area contributed by atoms with E-state index in [1.165, 1.54) is 49.7 Å². The Hall–Kier alpha value is -2.63. The van der Waals surface area contributed by atoms with E-state index in [1.54, 1.807) is 19.2 Å². The van der Waals surface area contributed by atoms with E-state index in [2.05, 4.69) is 31.2 Å². The molecule has 2 aromatic carbocycles. The summed E-state index contributed by atoms with van der Waals surface area (Å²) < 4.78 is 17.1. The van der Waals surface area contributed by atoms with Gasteiger partial charge in [-0.2, -0.15) is 0 Å². The Kier molecular flexibility index (Phi) is 6.73. The van der Waals surface area contributed by atoms with Gasteiger partial charge in [0.2, 0.25) is 0 Å². The number of hydrogen-bond acceptors (Lipinski definition) is 4. The van der Waals surface area contributed by atoms with Crippen molar-refractivity contribution in [3.63, 3.8) is 0 Å². The van der Waals surface area contributed by atoms with E-state index >= 15 is 0 Å². The third-order valence-corrected chi connectivity index (χ3v) is 8.43. The molecular weight excluding hydrogens is 440 g/mol. The lowest BCUT2D eigenvalue weighted by Gasteiger charge is -2.57. The lowest BCUT2D eigenvalue weighted by atomic mass is 9.48. The quantitative estimate of drug-likeness (QED) is 0.320. The second kappa shape index (κ2) is 9.79. The van der Waals surface area contributed by atoms with Crippen molar-refractivity contribution >= 4 is 17.6 Å². The van der Waals surface area contributed by atoms with Gasteiger partial charge in [-0.25, -0.2) is 4.79 Å². The Bertz CT molecular complexity index is 1060. The highest BCUT2D eigenvalue weighted by Crippen LogP contribution is 2.62. The van der Waals surface area contributed by atoms with E-state index in [4.69, 9.17) is 14.2 Å². The van der Waals surface area contributed by atoms with Crippen molar-refractivity contribution in [1.82, 2.24) is 0 Å². The zero-order chi connectivity index (χ0) is 24.6. The highest BCUT2D eigenvalue weighted by molar-refractivity contribution is 5.88. The molecule has 0 radical (unpaired) electrons. The van der Waals surface area contributed by atoms with E-state index in [0.29, 0.717) is 5.56 Å². The van der Waals surface area contributed by atoms with Crippen LogP contribution in [-0.4, -0.2) is 31.3 Å². The van der Waals surface area contributed by atoms with Crippen LogP contribution < -0.4 is 4.74 Å². The molecule has 1 unspecified atom stereocenters. The largest absolute Gasteiger partial charge is 0.478 e. The Morgan fingerprint density at radius 1 is 1.03 bits per heavy atom. The van der Waals surface area contributed by atoms with Crippen molar-refractivity contribution in [2.45, 2.75) is 64.1 Å². The zero-order valence-corrected chi connectivity index (χ0v) is 21.0. The van der Waals surface area contributed by atoms with Crippen LogP contribution in [0.4, 0.5) is 0 Å². The first-order chi connectivity index (χ1) is 16.8. The normalized spacial score (nSPS) is 28.2. The van der Waals surface area contributed by atoms with Gasteiger partial charge in [-0.05, 0) is 117 Å². The van der Waals surface area contributed by atoms with Gasteiger partial charge >= 0.3 is 5.97 Å². The van der Waals surface area contributed by atoms with Gasteiger partial charge in [0.15, 0.2) is 13.1 Å². The van der Waals surface area contributed by atoms with Crippen molar-refractivity contribution in [2.24, 2.45) is 17.8 Å². The number of benzene rings is 2. The Morgan fingerprint density at radius 2 is 1.63 bits per heavy atom. The summed E-state index contributed by atoms with van der Waals surface area (Å²) in [5, 5.41) is 9.17. The lowest BCUT2D eigenvalue weighted by Crippen LogP contribution is -2.48. The van der Waals surface area contributed by atoms with Crippen LogP contribution in [0.5, 0.6) is 5.75 Å². The van der Waals surface area contributed by atoms with E-state index in [-0.39, 0.29) is 18.5 Å². The zero-order valence-electron chi connectivity index (χ0n) is 21.0. The van der Waals surface area contributed by atoms with Gasteiger partial charge in [-0.1, -0.05) is 24.3 Å². The van der Waals surface area contributed by atoms with Crippen molar-refractivity contribution in [2.75, 3.05) is 13.9 Å². The second-order valence-electron chi connectivity index (χ2n) is 10.9. The Balaban J connectivity index is 1.46. The first kappa shape index (κ1) is 24.1. The number of methoxy groups -OCH3 is 1. The van der Waals surface area contributed by atoms with Crippen LogP contribution in [0, 0.1) is 17.8 Å². The number of allylic oxidation sites excluding steroid dienone is 1. The fourth-order valence-electron chi connectivity index (χ4n) is 7.07. The van der Waals surface area contributed by atoms with Gasteiger partial charge in [0.1, 0.15) is 5.75 Å². The van der Waals surface area contributed by atoms with Crippen molar-refractivity contribution < 1.29 is 24.1 Å².